The quantitative estimate of drug-likeness (QED) is 0.834. The van der Waals surface area contributed by atoms with E-state index in [9.17, 15) is 9.59 Å². The lowest BCUT2D eigenvalue weighted by Crippen LogP contribution is -2.26. The van der Waals surface area contributed by atoms with E-state index in [-0.39, 0.29) is 24.8 Å². The molecule has 110 valence electrons. The molecule has 0 atom stereocenters. The lowest BCUT2D eigenvalue weighted by molar-refractivity contribution is -0.140. The fraction of sp³-hybridized carbons (Fsp3) is 0.308. The Bertz CT molecular complexity index is 642. The van der Waals surface area contributed by atoms with Crippen molar-refractivity contribution in [3.05, 3.63) is 29.0 Å². The summed E-state index contributed by atoms with van der Waals surface area (Å²) in [7, 11) is 1.31. The third-order valence-electron chi connectivity index (χ3n) is 2.60. The minimum atomic E-state index is -0.366. The van der Waals surface area contributed by atoms with Crippen LogP contribution in [0.25, 0.3) is 10.8 Å². The van der Waals surface area contributed by atoms with Crippen molar-refractivity contribution in [2.75, 3.05) is 13.7 Å². The summed E-state index contributed by atoms with van der Waals surface area (Å²) in [5.74, 6) is -0.148. The molecule has 0 fully saturated rings. The Balaban J connectivity index is 2.05. The van der Waals surface area contributed by atoms with Crippen molar-refractivity contribution in [3.63, 3.8) is 0 Å². The number of nitrogens with one attached hydrogen (secondary N) is 1. The van der Waals surface area contributed by atoms with Gasteiger partial charge in [0.2, 0.25) is 0 Å². The number of carbonyl (C=O) groups is 2. The second-order valence-corrected chi connectivity index (χ2v) is 5.09. The van der Waals surface area contributed by atoms with Gasteiger partial charge in [-0.3, -0.25) is 9.59 Å². The van der Waals surface area contributed by atoms with E-state index in [1.54, 1.807) is 25.4 Å². The molecule has 0 aromatic carbocycles. The summed E-state index contributed by atoms with van der Waals surface area (Å²) in [6.45, 7) is 1.97. The molecule has 0 spiro atoms. The molecule has 2 heterocycles. The van der Waals surface area contributed by atoms with Crippen LogP contribution in [-0.4, -0.2) is 40.5 Å². The minimum Gasteiger partial charge on any atom is -0.469 e. The van der Waals surface area contributed by atoms with Crippen LogP contribution in [0.15, 0.2) is 18.5 Å². The van der Waals surface area contributed by atoms with Crippen LogP contribution >= 0.6 is 11.3 Å². The van der Waals surface area contributed by atoms with Gasteiger partial charge >= 0.3 is 5.97 Å². The lowest BCUT2D eigenvalue weighted by Gasteiger charge is -2.02. The zero-order valence-electron chi connectivity index (χ0n) is 11.6. The van der Waals surface area contributed by atoms with Crippen LogP contribution in [0.5, 0.6) is 0 Å². The molecule has 0 saturated heterocycles. The third-order valence-corrected chi connectivity index (χ3v) is 3.75. The van der Waals surface area contributed by atoms with Gasteiger partial charge in [0.05, 0.1) is 19.2 Å². The number of ether oxygens (including phenoxy) is 1. The molecule has 21 heavy (non-hydrogen) atoms. The molecule has 7 nitrogen and oxygen atoms in total. The summed E-state index contributed by atoms with van der Waals surface area (Å²) in [6.07, 6.45) is 3.37. The Morgan fingerprint density at radius 2 is 2.05 bits per heavy atom. The molecule has 8 heteroatoms. The van der Waals surface area contributed by atoms with Crippen LogP contribution in [0.4, 0.5) is 0 Å². The maximum Gasteiger partial charge on any atom is 0.307 e. The van der Waals surface area contributed by atoms with Crippen LogP contribution < -0.4 is 5.32 Å². The molecule has 0 aliphatic carbocycles. The van der Waals surface area contributed by atoms with Gasteiger partial charge in [0.25, 0.3) is 5.91 Å². The number of nitrogens with zero attached hydrogens (tertiary/aromatic N) is 3. The number of rotatable bonds is 5. The molecule has 0 radical (unpaired) electrons. The normalized spacial score (nSPS) is 10.2. The number of amides is 1. The van der Waals surface area contributed by atoms with Crippen molar-refractivity contribution < 1.29 is 14.3 Å². The number of hydrogen-bond acceptors (Lipinski definition) is 7. The van der Waals surface area contributed by atoms with Gasteiger partial charge in [-0.15, -0.1) is 11.3 Å². The summed E-state index contributed by atoms with van der Waals surface area (Å²) < 4.78 is 4.51. The molecule has 2 aromatic rings. The maximum absolute atomic E-state index is 12.0. The predicted octanol–water partition coefficient (Wildman–Crippen LogP) is 1.20. The fourth-order valence-corrected chi connectivity index (χ4v) is 2.50. The van der Waals surface area contributed by atoms with Crippen molar-refractivity contribution in [1.82, 2.24) is 20.3 Å². The van der Waals surface area contributed by atoms with E-state index in [2.05, 4.69) is 25.0 Å². The molecule has 0 aliphatic heterocycles. The molecular weight excluding hydrogens is 292 g/mol. The molecule has 1 amide bonds. The zero-order chi connectivity index (χ0) is 15.2. The molecule has 0 bridgehead atoms. The van der Waals surface area contributed by atoms with Gasteiger partial charge in [-0.2, -0.15) is 0 Å². The standard InChI is InChI=1S/C13H14N4O3S/c1-8-10(12(19)16-7-4-9(18)20-2)21-13(17-8)11-14-5-3-6-15-11/h3,5-6H,4,7H2,1-2H3,(H,16,19). The Morgan fingerprint density at radius 3 is 2.71 bits per heavy atom. The van der Waals surface area contributed by atoms with E-state index < -0.39 is 0 Å². The van der Waals surface area contributed by atoms with Crippen LogP contribution in [-0.2, 0) is 9.53 Å². The van der Waals surface area contributed by atoms with Crippen molar-refractivity contribution in [2.45, 2.75) is 13.3 Å². The number of carbonyl (C=O) groups excluding carboxylic acids is 2. The van der Waals surface area contributed by atoms with Gasteiger partial charge in [-0.05, 0) is 13.0 Å². The zero-order valence-corrected chi connectivity index (χ0v) is 12.4. The highest BCUT2D eigenvalue weighted by molar-refractivity contribution is 7.17. The Labute approximate surface area is 125 Å². The monoisotopic (exact) mass is 306 g/mol. The van der Waals surface area contributed by atoms with Gasteiger partial charge in [-0.25, -0.2) is 15.0 Å². The van der Waals surface area contributed by atoms with E-state index in [1.165, 1.54) is 18.4 Å². The van der Waals surface area contributed by atoms with Gasteiger partial charge in [0, 0.05) is 18.9 Å². The second-order valence-electron chi connectivity index (χ2n) is 4.09. The highest BCUT2D eigenvalue weighted by Crippen LogP contribution is 2.24. The summed E-state index contributed by atoms with van der Waals surface area (Å²) in [4.78, 5) is 36.0. The molecule has 0 saturated carbocycles. The molecule has 2 aromatic heterocycles. The van der Waals surface area contributed by atoms with E-state index in [0.29, 0.717) is 21.4 Å². The smallest absolute Gasteiger partial charge is 0.307 e. The fourth-order valence-electron chi connectivity index (χ4n) is 1.57. The van der Waals surface area contributed by atoms with Crippen molar-refractivity contribution in [1.29, 1.82) is 0 Å². The number of aryl methyl sites for hydroxylation is 1. The van der Waals surface area contributed by atoms with E-state index >= 15 is 0 Å². The summed E-state index contributed by atoms with van der Waals surface area (Å²) in [5.41, 5.74) is 0.609. The number of hydrogen-bond donors (Lipinski definition) is 1. The van der Waals surface area contributed by atoms with Gasteiger partial charge in [0.1, 0.15) is 4.88 Å². The summed E-state index contributed by atoms with van der Waals surface area (Å²) in [6, 6.07) is 1.71. The van der Waals surface area contributed by atoms with Crippen molar-refractivity contribution in [2.24, 2.45) is 0 Å². The van der Waals surface area contributed by atoms with Crippen molar-refractivity contribution in [3.8, 4) is 10.8 Å². The first-order valence-corrected chi connectivity index (χ1v) is 7.03. The highest BCUT2D eigenvalue weighted by atomic mass is 32.1. The van der Waals surface area contributed by atoms with E-state index in [0.717, 1.165) is 0 Å². The second kappa shape index (κ2) is 6.89. The number of aromatic nitrogens is 3. The average Bonchev–Trinajstić information content (AvgIpc) is 2.90. The van der Waals surface area contributed by atoms with Crippen LogP contribution in [0.3, 0.4) is 0 Å². The highest BCUT2D eigenvalue weighted by Gasteiger charge is 2.17. The first-order valence-electron chi connectivity index (χ1n) is 6.21. The largest absolute Gasteiger partial charge is 0.469 e. The maximum atomic E-state index is 12.0. The minimum absolute atomic E-state index is 0.134. The molecule has 0 aliphatic rings. The Hall–Kier alpha value is -2.35. The molecular formula is C13H14N4O3S. The van der Waals surface area contributed by atoms with Crippen molar-refractivity contribution >= 4 is 23.2 Å². The third kappa shape index (κ3) is 3.82. The predicted molar refractivity (Wildman–Crippen MR) is 76.8 cm³/mol. The van der Waals surface area contributed by atoms with Gasteiger partial charge in [-0.1, -0.05) is 0 Å². The van der Waals surface area contributed by atoms with E-state index in [4.69, 9.17) is 0 Å². The first kappa shape index (κ1) is 15.0. The number of methoxy groups -OCH3 is 1. The van der Waals surface area contributed by atoms with Crippen LogP contribution in [0, 0.1) is 6.92 Å². The Kier molecular flexibility index (Phi) is 4.94. The summed E-state index contributed by atoms with van der Waals surface area (Å²) in [5, 5.41) is 3.25. The number of thiazole rings is 1. The van der Waals surface area contributed by atoms with Crippen LogP contribution in [0.2, 0.25) is 0 Å². The van der Waals surface area contributed by atoms with E-state index in [1.807, 2.05) is 0 Å². The van der Waals surface area contributed by atoms with Gasteiger partial charge < -0.3 is 10.1 Å². The van der Waals surface area contributed by atoms with Gasteiger partial charge in [0.15, 0.2) is 10.8 Å². The summed E-state index contributed by atoms with van der Waals surface area (Å²) >= 11 is 1.22. The lowest BCUT2D eigenvalue weighted by atomic mass is 10.3. The molecule has 2 rings (SSSR count). The van der Waals surface area contributed by atoms with Crippen LogP contribution in [0.1, 0.15) is 21.8 Å². The topological polar surface area (TPSA) is 94.1 Å². The molecule has 1 N–H and O–H groups in total. The molecule has 0 unspecified atom stereocenters. The first-order chi connectivity index (χ1) is 10.1. The number of esters is 1. The SMILES string of the molecule is COC(=O)CCNC(=O)c1sc(-c2ncccn2)nc1C. The Morgan fingerprint density at radius 1 is 1.33 bits per heavy atom. The average molecular weight is 306 g/mol.